The standard InChI is InChI=1S/C17H22N2/c1-12-7-13(2)17(14(3)8-12)10-16(18)9-15-5-4-6-19-11-15/h4-8,11,16H,9-10,18H2,1-3H3. The highest BCUT2D eigenvalue weighted by Crippen LogP contribution is 2.18. The molecule has 0 bridgehead atoms. The van der Waals surface area contributed by atoms with Gasteiger partial charge in [-0.05, 0) is 61.9 Å². The topological polar surface area (TPSA) is 38.9 Å². The zero-order valence-electron chi connectivity index (χ0n) is 12.0. The first-order valence-electron chi connectivity index (χ1n) is 6.77. The van der Waals surface area contributed by atoms with E-state index in [2.05, 4.69) is 44.0 Å². The summed E-state index contributed by atoms with van der Waals surface area (Å²) in [6.45, 7) is 6.48. The van der Waals surface area contributed by atoms with Gasteiger partial charge >= 0.3 is 0 Å². The highest BCUT2D eigenvalue weighted by molar-refractivity contribution is 5.38. The molecule has 0 fully saturated rings. The molecule has 2 aromatic rings. The molecule has 1 aromatic carbocycles. The zero-order chi connectivity index (χ0) is 13.8. The van der Waals surface area contributed by atoms with Crippen molar-refractivity contribution in [2.75, 3.05) is 0 Å². The molecule has 2 N–H and O–H groups in total. The summed E-state index contributed by atoms with van der Waals surface area (Å²) in [5, 5.41) is 0. The molecule has 2 heteroatoms. The Morgan fingerprint density at radius 3 is 2.37 bits per heavy atom. The predicted molar refractivity (Wildman–Crippen MR) is 80.3 cm³/mol. The van der Waals surface area contributed by atoms with Crippen LogP contribution in [0.2, 0.25) is 0 Å². The molecule has 100 valence electrons. The molecule has 0 amide bonds. The minimum absolute atomic E-state index is 0.143. The van der Waals surface area contributed by atoms with Gasteiger partial charge in [0.1, 0.15) is 0 Å². The average molecular weight is 254 g/mol. The lowest BCUT2D eigenvalue weighted by molar-refractivity contribution is 0.659. The van der Waals surface area contributed by atoms with Gasteiger partial charge in [-0.25, -0.2) is 0 Å². The SMILES string of the molecule is Cc1cc(C)c(CC(N)Cc2cccnc2)c(C)c1. The Hall–Kier alpha value is -1.67. The van der Waals surface area contributed by atoms with Crippen molar-refractivity contribution in [3.63, 3.8) is 0 Å². The highest BCUT2D eigenvalue weighted by atomic mass is 14.6. The number of benzene rings is 1. The van der Waals surface area contributed by atoms with E-state index in [1.807, 2.05) is 12.3 Å². The van der Waals surface area contributed by atoms with Crippen molar-refractivity contribution >= 4 is 0 Å². The van der Waals surface area contributed by atoms with E-state index in [-0.39, 0.29) is 6.04 Å². The van der Waals surface area contributed by atoms with E-state index in [1.54, 1.807) is 6.20 Å². The summed E-state index contributed by atoms with van der Waals surface area (Å²) in [4.78, 5) is 4.14. The van der Waals surface area contributed by atoms with Crippen LogP contribution >= 0.6 is 0 Å². The van der Waals surface area contributed by atoms with Crippen LogP contribution < -0.4 is 5.73 Å². The normalized spacial score (nSPS) is 12.4. The third-order valence-electron chi connectivity index (χ3n) is 3.53. The number of rotatable bonds is 4. The molecule has 19 heavy (non-hydrogen) atoms. The lowest BCUT2D eigenvalue weighted by atomic mass is 9.92. The Labute approximate surface area is 115 Å². The number of hydrogen-bond donors (Lipinski definition) is 1. The van der Waals surface area contributed by atoms with Crippen LogP contribution in [-0.4, -0.2) is 11.0 Å². The van der Waals surface area contributed by atoms with Gasteiger partial charge in [0.05, 0.1) is 0 Å². The summed E-state index contributed by atoms with van der Waals surface area (Å²) in [5.41, 5.74) is 12.9. The van der Waals surface area contributed by atoms with Gasteiger partial charge in [0, 0.05) is 18.4 Å². The van der Waals surface area contributed by atoms with Gasteiger partial charge in [-0.3, -0.25) is 4.98 Å². The van der Waals surface area contributed by atoms with Crippen LogP contribution in [-0.2, 0) is 12.8 Å². The first kappa shape index (κ1) is 13.8. The third kappa shape index (κ3) is 3.65. The van der Waals surface area contributed by atoms with Crippen molar-refractivity contribution in [2.24, 2.45) is 5.73 Å². The molecule has 2 rings (SSSR count). The molecule has 2 nitrogen and oxygen atoms in total. The molecule has 0 saturated heterocycles. The van der Waals surface area contributed by atoms with E-state index in [0.29, 0.717) is 0 Å². The number of pyridine rings is 1. The number of aromatic nitrogens is 1. The molecule has 0 aliphatic carbocycles. The maximum atomic E-state index is 6.29. The van der Waals surface area contributed by atoms with E-state index in [0.717, 1.165) is 12.8 Å². The number of nitrogens with two attached hydrogens (primary N) is 1. The van der Waals surface area contributed by atoms with Gasteiger partial charge in [0.25, 0.3) is 0 Å². The smallest absolute Gasteiger partial charge is 0.0300 e. The van der Waals surface area contributed by atoms with Gasteiger partial charge in [-0.15, -0.1) is 0 Å². The fourth-order valence-corrected chi connectivity index (χ4v) is 2.69. The van der Waals surface area contributed by atoms with Gasteiger partial charge < -0.3 is 5.73 Å². The van der Waals surface area contributed by atoms with Crippen molar-refractivity contribution in [2.45, 2.75) is 39.7 Å². The number of aryl methyl sites for hydroxylation is 3. The van der Waals surface area contributed by atoms with E-state index in [9.17, 15) is 0 Å². The molecule has 1 heterocycles. The largest absolute Gasteiger partial charge is 0.327 e. The maximum absolute atomic E-state index is 6.29. The van der Waals surface area contributed by atoms with Crippen LogP contribution in [0.15, 0.2) is 36.7 Å². The van der Waals surface area contributed by atoms with Crippen LogP contribution in [0.4, 0.5) is 0 Å². The lowest BCUT2D eigenvalue weighted by Crippen LogP contribution is -2.26. The lowest BCUT2D eigenvalue weighted by Gasteiger charge is -2.16. The molecular weight excluding hydrogens is 232 g/mol. The van der Waals surface area contributed by atoms with Crippen LogP contribution in [0.25, 0.3) is 0 Å². The average Bonchev–Trinajstić information content (AvgIpc) is 2.35. The van der Waals surface area contributed by atoms with E-state index < -0.39 is 0 Å². The van der Waals surface area contributed by atoms with Crippen molar-refractivity contribution < 1.29 is 0 Å². The fraction of sp³-hybridized carbons (Fsp3) is 0.353. The van der Waals surface area contributed by atoms with Crippen LogP contribution in [0.3, 0.4) is 0 Å². The van der Waals surface area contributed by atoms with Gasteiger partial charge in [-0.1, -0.05) is 23.8 Å². The maximum Gasteiger partial charge on any atom is 0.0300 e. The summed E-state index contributed by atoms with van der Waals surface area (Å²) in [6, 6.07) is 8.66. The molecule has 1 atom stereocenters. The van der Waals surface area contributed by atoms with E-state index in [1.165, 1.54) is 27.8 Å². The summed E-state index contributed by atoms with van der Waals surface area (Å²) < 4.78 is 0. The Balaban J connectivity index is 2.09. The molecule has 0 aliphatic heterocycles. The third-order valence-corrected chi connectivity index (χ3v) is 3.53. The number of nitrogens with zero attached hydrogens (tertiary/aromatic N) is 1. The van der Waals surface area contributed by atoms with Gasteiger partial charge in [-0.2, -0.15) is 0 Å². The minimum atomic E-state index is 0.143. The molecule has 0 radical (unpaired) electrons. The second-order valence-electron chi connectivity index (χ2n) is 5.41. The Morgan fingerprint density at radius 2 is 1.79 bits per heavy atom. The van der Waals surface area contributed by atoms with Crippen molar-refractivity contribution in [3.8, 4) is 0 Å². The van der Waals surface area contributed by atoms with E-state index in [4.69, 9.17) is 5.73 Å². The van der Waals surface area contributed by atoms with Crippen molar-refractivity contribution in [1.29, 1.82) is 0 Å². The summed E-state index contributed by atoms with van der Waals surface area (Å²) in [5.74, 6) is 0. The van der Waals surface area contributed by atoms with Crippen molar-refractivity contribution in [1.82, 2.24) is 4.98 Å². The highest BCUT2D eigenvalue weighted by Gasteiger charge is 2.10. The summed E-state index contributed by atoms with van der Waals surface area (Å²) in [7, 11) is 0. The molecule has 0 aliphatic rings. The second-order valence-corrected chi connectivity index (χ2v) is 5.41. The Morgan fingerprint density at radius 1 is 1.11 bits per heavy atom. The van der Waals surface area contributed by atoms with Crippen molar-refractivity contribution in [3.05, 3.63) is 64.5 Å². The minimum Gasteiger partial charge on any atom is -0.327 e. The number of hydrogen-bond acceptors (Lipinski definition) is 2. The molecule has 1 unspecified atom stereocenters. The predicted octanol–water partition coefficient (Wildman–Crippen LogP) is 3.12. The van der Waals surface area contributed by atoms with Gasteiger partial charge in [0.15, 0.2) is 0 Å². The summed E-state index contributed by atoms with van der Waals surface area (Å²) >= 11 is 0. The fourth-order valence-electron chi connectivity index (χ4n) is 2.69. The Bertz CT molecular complexity index is 523. The molecule has 1 aromatic heterocycles. The molecule has 0 saturated carbocycles. The van der Waals surface area contributed by atoms with Crippen LogP contribution in [0, 0.1) is 20.8 Å². The van der Waals surface area contributed by atoms with Crippen LogP contribution in [0.5, 0.6) is 0 Å². The first-order chi connectivity index (χ1) is 9.06. The quantitative estimate of drug-likeness (QED) is 0.910. The zero-order valence-corrected chi connectivity index (χ0v) is 12.0. The Kier molecular flexibility index (Phi) is 4.33. The molecular formula is C17H22N2. The van der Waals surface area contributed by atoms with Gasteiger partial charge in [0.2, 0.25) is 0 Å². The first-order valence-corrected chi connectivity index (χ1v) is 6.77. The van der Waals surface area contributed by atoms with Crippen LogP contribution in [0.1, 0.15) is 27.8 Å². The molecule has 0 spiro atoms. The monoisotopic (exact) mass is 254 g/mol. The second kappa shape index (κ2) is 5.98. The summed E-state index contributed by atoms with van der Waals surface area (Å²) in [6.07, 6.45) is 5.49. The van der Waals surface area contributed by atoms with E-state index >= 15 is 0 Å².